The molecule has 0 fully saturated rings. The number of hydrogen-bond acceptors (Lipinski definition) is 6. The van der Waals surface area contributed by atoms with Gasteiger partial charge >= 0.3 is 0 Å². The summed E-state index contributed by atoms with van der Waals surface area (Å²) in [5.74, 6) is -0.441. The number of anilines is 1. The van der Waals surface area contributed by atoms with E-state index >= 15 is 0 Å². The molecule has 2 aromatic heterocycles. The van der Waals surface area contributed by atoms with Gasteiger partial charge < -0.3 is 9.32 Å². The third-order valence-corrected chi connectivity index (χ3v) is 6.07. The minimum absolute atomic E-state index is 0.0691. The van der Waals surface area contributed by atoms with Crippen molar-refractivity contribution >= 4 is 45.7 Å². The third-order valence-electron chi connectivity index (χ3n) is 4.82. The Morgan fingerprint density at radius 3 is 2.67 bits per heavy atom. The van der Waals surface area contributed by atoms with E-state index in [0.717, 1.165) is 10.6 Å². The van der Waals surface area contributed by atoms with Crippen molar-refractivity contribution in [1.82, 2.24) is 9.88 Å². The van der Waals surface area contributed by atoms with Gasteiger partial charge in [0.2, 0.25) is 5.91 Å². The van der Waals surface area contributed by atoms with Gasteiger partial charge in [-0.3, -0.25) is 19.7 Å². The number of halogens is 1. The number of rotatable bonds is 6. The molecule has 0 saturated heterocycles. The van der Waals surface area contributed by atoms with Crippen LogP contribution in [0, 0.1) is 0 Å². The van der Waals surface area contributed by atoms with Gasteiger partial charge in [0.15, 0.2) is 10.9 Å². The summed E-state index contributed by atoms with van der Waals surface area (Å²) in [6, 6.07) is 8.23. The Balaban J connectivity index is 1.32. The van der Waals surface area contributed by atoms with E-state index in [1.807, 2.05) is 0 Å². The van der Waals surface area contributed by atoms with Crippen molar-refractivity contribution in [2.24, 2.45) is 0 Å². The zero-order chi connectivity index (χ0) is 21.1. The van der Waals surface area contributed by atoms with Crippen LogP contribution in [0.5, 0.6) is 0 Å². The fourth-order valence-electron chi connectivity index (χ4n) is 3.18. The molecule has 2 amide bonds. The summed E-state index contributed by atoms with van der Waals surface area (Å²) in [6.07, 6.45) is 3.72. The van der Waals surface area contributed by atoms with E-state index in [0.29, 0.717) is 40.8 Å². The fourth-order valence-corrected chi connectivity index (χ4v) is 4.33. The summed E-state index contributed by atoms with van der Waals surface area (Å²) < 4.78 is 4.92. The van der Waals surface area contributed by atoms with Gasteiger partial charge in [-0.15, -0.1) is 0 Å². The average molecular weight is 444 g/mol. The Kier molecular flexibility index (Phi) is 5.96. The topological polar surface area (TPSA) is 92.5 Å². The highest BCUT2D eigenvalue weighted by atomic mass is 35.5. The second-order valence-corrected chi connectivity index (χ2v) is 8.37. The van der Waals surface area contributed by atoms with E-state index in [4.69, 9.17) is 16.0 Å². The molecule has 0 aliphatic carbocycles. The average Bonchev–Trinajstić information content (AvgIpc) is 3.41. The molecular formula is C21H18ClN3O4S. The molecule has 0 saturated carbocycles. The van der Waals surface area contributed by atoms with E-state index in [1.165, 1.54) is 23.9 Å². The second kappa shape index (κ2) is 8.81. The van der Waals surface area contributed by atoms with Crippen LogP contribution in [0.2, 0.25) is 5.02 Å². The van der Waals surface area contributed by atoms with Crippen molar-refractivity contribution in [3.63, 3.8) is 0 Å². The Morgan fingerprint density at radius 1 is 1.13 bits per heavy atom. The highest BCUT2D eigenvalue weighted by Gasteiger charge is 2.25. The molecule has 0 radical (unpaired) electrons. The molecule has 3 heterocycles. The van der Waals surface area contributed by atoms with E-state index in [2.05, 4.69) is 10.3 Å². The molecule has 1 N–H and O–H groups in total. The molecule has 0 spiro atoms. The molecule has 7 nitrogen and oxygen atoms in total. The molecule has 1 aliphatic heterocycles. The summed E-state index contributed by atoms with van der Waals surface area (Å²) in [6.45, 7) is 0.975. The number of furan rings is 1. The van der Waals surface area contributed by atoms with Crippen molar-refractivity contribution < 1.29 is 18.8 Å². The maximum Gasteiger partial charge on any atom is 0.260 e. The molecular weight excluding hydrogens is 426 g/mol. The van der Waals surface area contributed by atoms with Gasteiger partial charge in [0.1, 0.15) is 6.26 Å². The lowest BCUT2D eigenvalue weighted by atomic mass is 10.1. The number of benzene rings is 1. The molecule has 0 bridgehead atoms. The van der Waals surface area contributed by atoms with Crippen LogP contribution in [-0.4, -0.2) is 34.0 Å². The number of aromatic nitrogens is 1. The maximum absolute atomic E-state index is 12.6. The summed E-state index contributed by atoms with van der Waals surface area (Å²) in [7, 11) is 0. The van der Waals surface area contributed by atoms with Gasteiger partial charge in [0.25, 0.3) is 5.91 Å². The smallest absolute Gasteiger partial charge is 0.260 e. The number of carbonyl (C=O) groups excluding carboxylic acids is 3. The lowest BCUT2D eigenvalue weighted by Crippen LogP contribution is -2.35. The van der Waals surface area contributed by atoms with E-state index in [1.54, 1.807) is 35.2 Å². The van der Waals surface area contributed by atoms with Crippen LogP contribution in [0.15, 0.2) is 47.3 Å². The molecule has 1 aromatic carbocycles. The quantitative estimate of drug-likeness (QED) is 0.576. The molecule has 30 heavy (non-hydrogen) atoms. The molecule has 9 heteroatoms. The van der Waals surface area contributed by atoms with Crippen molar-refractivity contribution in [1.29, 1.82) is 0 Å². The van der Waals surface area contributed by atoms with Gasteiger partial charge in [0, 0.05) is 41.3 Å². The Hall–Kier alpha value is -2.97. The van der Waals surface area contributed by atoms with Crippen molar-refractivity contribution in [3.8, 4) is 0 Å². The van der Waals surface area contributed by atoms with Crippen molar-refractivity contribution in [2.45, 2.75) is 25.8 Å². The molecule has 154 valence electrons. The van der Waals surface area contributed by atoms with E-state index in [-0.39, 0.29) is 30.4 Å². The summed E-state index contributed by atoms with van der Waals surface area (Å²) in [4.78, 5) is 44.2. The number of ketones is 1. The maximum atomic E-state index is 12.6. The van der Waals surface area contributed by atoms with Crippen LogP contribution in [0.25, 0.3) is 0 Å². The molecule has 0 unspecified atom stereocenters. The number of carbonyl (C=O) groups is 3. The van der Waals surface area contributed by atoms with Crippen LogP contribution in [0.3, 0.4) is 0 Å². The first-order chi connectivity index (χ1) is 14.5. The first kappa shape index (κ1) is 20.3. The zero-order valence-corrected chi connectivity index (χ0v) is 17.5. The number of fused-ring (bicyclic) bond motifs is 1. The number of amides is 2. The minimum Gasteiger partial charge on any atom is -0.472 e. The van der Waals surface area contributed by atoms with Crippen LogP contribution in [0.4, 0.5) is 5.13 Å². The zero-order valence-electron chi connectivity index (χ0n) is 15.9. The fraction of sp³-hybridized carbons (Fsp3) is 0.238. The first-order valence-electron chi connectivity index (χ1n) is 9.38. The van der Waals surface area contributed by atoms with E-state index in [9.17, 15) is 14.4 Å². The number of hydrogen-bond donors (Lipinski definition) is 1. The molecule has 3 aromatic rings. The van der Waals surface area contributed by atoms with Crippen LogP contribution in [0.1, 0.15) is 44.1 Å². The normalized spacial score (nSPS) is 13.0. The third kappa shape index (κ3) is 4.60. The van der Waals surface area contributed by atoms with Crippen LogP contribution < -0.4 is 5.32 Å². The molecule has 1 aliphatic rings. The Bertz CT molecular complexity index is 1080. The Labute approximate surface area is 181 Å². The summed E-state index contributed by atoms with van der Waals surface area (Å²) in [5, 5.41) is 3.82. The van der Waals surface area contributed by atoms with Gasteiger partial charge in [-0.05, 0) is 30.3 Å². The number of nitrogens with one attached hydrogen (secondary N) is 1. The minimum atomic E-state index is -0.288. The monoisotopic (exact) mass is 443 g/mol. The SMILES string of the molecule is O=C(CCC(=O)N1CCc2nc(NC(=O)c3ccoc3)sc2C1)c1ccc(Cl)cc1. The first-order valence-corrected chi connectivity index (χ1v) is 10.6. The van der Waals surface area contributed by atoms with Crippen molar-refractivity contribution in [2.75, 3.05) is 11.9 Å². The van der Waals surface area contributed by atoms with Crippen molar-refractivity contribution in [3.05, 3.63) is 69.6 Å². The lowest BCUT2D eigenvalue weighted by molar-refractivity contribution is -0.132. The summed E-state index contributed by atoms with van der Waals surface area (Å²) >= 11 is 7.20. The molecule has 4 rings (SSSR count). The van der Waals surface area contributed by atoms with Crippen LogP contribution in [-0.2, 0) is 17.8 Å². The standard InChI is InChI=1S/C21H18ClN3O4S/c22-15-3-1-13(2-4-15)17(26)5-6-19(27)25-9-7-16-18(11-25)30-21(23-16)24-20(28)14-8-10-29-12-14/h1-4,8,10,12H,5-7,9,11H2,(H,23,24,28). The predicted molar refractivity (Wildman–Crippen MR) is 113 cm³/mol. The number of thiazole rings is 1. The highest BCUT2D eigenvalue weighted by Crippen LogP contribution is 2.29. The van der Waals surface area contributed by atoms with Gasteiger partial charge in [-0.25, -0.2) is 4.98 Å². The predicted octanol–water partition coefficient (Wildman–Crippen LogP) is 4.19. The second-order valence-electron chi connectivity index (χ2n) is 6.85. The van der Waals surface area contributed by atoms with Gasteiger partial charge in [-0.2, -0.15) is 0 Å². The summed E-state index contributed by atoms with van der Waals surface area (Å²) in [5.41, 5.74) is 1.86. The van der Waals surface area contributed by atoms with Gasteiger partial charge in [0.05, 0.1) is 24.1 Å². The van der Waals surface area contributed by atoms with Gasteiger partial charge in [-0.1, -0.05) is 22.9 Å². The highest BCUT2D eigenvalue weighted by molar-refractivity contribution is 7.15. The largest absolute Gasteiger partial charge is 0.472 e. The lowest BCUT2D eigenvalue weighted by Gasteiger charge is -2.26. The van der Waals surface area contributed by atoms with Crippen LogP contribution >= 0.6 is 22.9 Å². The Morgan fingerprint density at radius 2 is 1.93 bits per heavy atom. The van der Waals surface area contributed by atoms with E-state index < -0.39 is 0 Å². The number of nitrogens with zero attached hydrogens (tertiary/aromatic N) is 2. The number of Topliss-reactive ketones (excluding diaryl/α,β-unsaturated/α-hetero) is 1. The molecule has 0 atom stereocenters.